The molecule has 0 spiro atoms. The molecular formula is C18H26N4O4S2. The zero-order chi connectivity index (χ0) is 20.4. The first-order valence-electron chi connectivity index (χ1n) is 8.84. The molecule has 0 saturated carbocycles. The number of aliphatic hydroxyl groups excluding tert-OH is 1. The van der Waals surface area contributed by atoms with Gasteiger partial charge in [-0.2, -0.15) is 11.8 Å². The van der Waals surface area contributed by atoms with Crippen LogP contribution in [0.5, 0.6) is 0 Å². The van der Waals surface area contributed by atoms with Crippen molar-refractivity contribution < 1.29 is 14.4 Å². The second-order valence-electron chi connectivity index (χ2n) is 6.39. The van der Waals surface area contributed by atoms with Crippen molar-refractivity contribution in [2.24, 2.45) is 4.99 Å². The standard InChI is InChI=1S/C18H26N4O4S2/c1-21(2)11-14-5-6-15(26-14)13-27-9-7-19-18(12-22(24)25)20-10-16(23)17-4-3-8-28-17/h3-6,8,16,23H,7,9-13H2,1-2H3,(H,19,20). The number of hydrogen-bond donors (Lipinski definition) is 2. The Labute approximate surface area is 172 Å². The fourth-order valence-corrected chi connectivity index (χ4v) is 3.84. The molecular weight excluding hydrogens is 400 g/mol. The Morgan fingerprint density at radius 1 is 1.43 bits per heavy atom. The monoisotopic (exact) mass is 426 g/mol. The summed E-state index contributed by atoms with van der Waals surface area (Å²) in [4.78, 5) is 17.5. The van der Waals surface area contributed by atoms with Crippen molar-refractivity contribution in [3.8, 4) is 0 Å². The van der Waals surface area contributed by atoms with E-state index >= 15 is 0 Å². The molecule has 10 heteroatoms. The normalized spacial score (nSPS) is 13.1. The van der Waals surface area contributed by atoms with Gasteiger partial charge in [0.25, 0.3) is 6.54 Å². The van der Waals surface area contributed by atoms with E-state index in [-0.39, 0.29) is 18.9 Å². The summed E-state index contributed by atoms with van der Waals surface area (Å²) in [6.07, 6.45) is -0.742. The summed E-state index contributed by atoms with van der Waals surface area (Å²) in [5.41, 5.74) is 0. The van der Waals surface area contributed by atoms with Crippen molar-refractivity contribution in [2.75, 3.05) is 39.5 Å². The number of nitro groups is 1. The SMILES string of the molecule is CN(C)Cc1ccc(CSCCNC(C[N+](=O)[O-])=NCC(O)c2cccs2)o1. The first-order chi connectivity index (χ1) is 13.4. The van der Waals surface area contributed by atoms with Gasteiger partial charge in [-0.3, -0.25) is 15.1 Å². The molecule has 2 aromatic heterocycles. The van der Waals surface area contributed by atoms with Gasteiger partial charge in [0.15, 0.2) is 5.84 Å². The Balaban J connectivity index is 1.73. The second kappa shape index (κ2) is 11.8. The van der Waals surface area contributed by atoms with Crippen LogP contribution >= 0.6 is 23.1 Å². The van der Waals surface area contributed by atoms with Gasteiger partial charge in [-0.15, -0.1) is 11.3 Å². The Kier molecular flexibility index (Phi) is 9.48. The summed E-state index contributed by atoms with van der Waals surface area (Å²) in [6.45, 7) is 1.04. The van der Waals surface area contributed by atoms with Gasteiger partial charge in [0, 0.05) is 22.1 Å². The van der Waals surface area contributed by atoms with Crippen LogP contribution in [0, 0.1) is 10.1 Å². The summed E-state index contributed by atoms with van der Waals surface area (Å²) < 4.78 is 5.75. The lowest BCUT2D eigenvalue weighted by Crippen LogP contribution is -2.32. The van der Waals surface area contributed by atoms with Gasteiger partial charge in [-0.05, 0) is 37.7 Å². The zero-order valence-corrected chi connectivity index (χ0v) is 17.7. The molecule has 0 aliphatic carbocycles. The Hall–Kier alpha value is -1.88. The minimum Gasteiger partial charge on any atom is -0.464 e. The highest BCUT2D eigenvalue weighted by molar-refractivity contribution is 7.98. The predicted molar refractivity (Wildman–Crippen MR) is 114 cm³/mol. The molecule has 2 heterocycles. The average molecular weight is 427 g/mol. The molecule has 2 N–H and O–H groups in total. The molecule has 154 valence electrons. The van der Waals surface area contributed by atoms with Crippen LogP contribution in [-0.2, 0) is 12.3 Å². The third-order valence-electron chi connectivity index (χ3n) is 3.61. The molecule has 0 amide bonds. The van der Waals surface area contributed by atoms with E-state index in [4.69, 9.17) is 4.42 Å². The number of thioether (sulfide) groups is 1. The van der Waals surface area contributed by atoms with Crippen LogP contribution in [0.4, 0.5) is 0 Å². The molecule has 0 radical (unpaired) electrons. The molecule has 0 aromatic carbocycles. The summed E-state index contributed by atoms with van der Waals surface area (Å²) in [6, 6.07) is 7.63. The van der Waals surface area contributed by atoms with E-state index in [1.807, 2.05) is 48.6 Å². The molecule has 0 aliphatic rings. The van der Waals surface area contributed by atoms with Crippen LogP contribution in [0.1, 0.15) is 22.5 Å². The largest absolute Gasteiger partial charge is 0.464 e. The third-order valence-corrected chi connectivity index (χ3v) is 5.57. The van der Waals surface area contributed by atoms with Crippen molar-refractivity contribution in [1.29, 1.82) is 0 Å². The molecule has 2 rings (SSSR count). The van der Waals surface area contributed by atoms with Crippen LogP contribution in [0.25, 0.3) is 0 Å². The van der Waals surface area contributed by atoms with Gasteiger partial charge in [-0.25, -0.2) is 0 Å². The number of amidine groups is 1. The first-order valence-corrected chi connectivity index (χ1v) is 10.9. The van der Waals surface area contributed by atoms with Crippen molar-refractivity contribution >= 4 is 28.9 Å². The van der Waals surface area contributed by atoms with Gasteiger partial charge in [0.05, 0.1) is 18.8 Å². The summed E-state index contributed by atoms with van der Waals surface area (Å²) >= 11 is 3.11. The van der Waals surface area contributed by atoms with Crippen molar-refractivity contribution in [1.82, 2.24) is 10.2 Å². The van der Waals surface area contributed by atoms with Crippen LogP contribution in [-0.4, -0.2) is 60.2 Å². The molecule has 2 aromatic rings. The van der Waals surface area contributed by atoms with Gasteiger partial charge in [-0.1, -0.05) is 6.07 Å². The molecule has 0 aliphatic heterocycles. The lowest BCUT2D eigenvalue weighted by atomic mass is 10.3. The maximum absolute atomic E-state index is 10.8. The fourth-order valence-electron chi connectivity index (χ4n) is 2.39. The van der Waals surface area contributed by atoms with Crippen molar-refractivity contribution in [3.63, 3.8) is 0 Å². The van der Waals surface area contributed by atoms with E-state index in [1.165, 1.54) is 11.3 Å². The molecule has 1 atom stereocenters. The number of rotatable bonds is 12. The number of nitrogens with one attached hydrogen (secondary N) is 1. The molecule has 0 bridgehead atoms. The summed E-state index contributed by atoms with van der Waals surface area (Å²) in [5.74, 6) is 3.64. The van der Waals surface area contributed by atoms with Crippen molar-refractivity contribution in [3.05, 3.63) is 56.2 Å². The number of nitrogens with zero attached hydrogens (tertiary/aromatic N) is 3. The van der Waals surface area contributed by atoms with Crippen LogP contribution in [0.2, 0.25) is 0 Å². The van der Waals surface area contributed by atoms with Gasteiger partial charge in [0.2, 0.25) is 0 Å². The molecule has 8 nitrogen and oxygen atoms in total. The molecule has 0 saturated heterocycles. The molecule has 0 fully saturated rings. The fraction of sp³-hybridized carbons (Fsp3) is 0.500. The summed E-state index contributed by atoms with van der Waals surface area (Å²) in [5, 5.41) is 25.8. The lowest BCUT2D eigenvalue weighted by Gasteiger charge is -2.09. The van der Waals surface area contributed by atoms with Crippen molar-refractivity contribution in [2.45, 2.75) is 18.4 Å². The van der Waals surface area contributed by atoms with E-state index in [9.17, 15) is 15.2 Å². The Morgan fingerprint density at radius 3 is 2.89 bits per heavy atom. The topological polar surface area (TPSA) is 104 Å². The second-order valence-corrected chi connectivity index (χ2v) is 8.48. The highest BCUT2D eigenvalue weighted by Crippen LogP contribution is 2.19. The van der Waals surface area contributed by atoms with E-state index in [1.54, 1.807) is 11.8 Å². The van der Waals surface area contributed by atoms with E-state index in [0.717, 1.165) is 34.4 Å². The quantitative estimate of drug-likeness (QED) is 0.177. The minimum atomic E-state index is -0.742. The minimum absolute atomic E-state index is 0.102. The maximum Gasteiger partial charge on any atom is 0.259 e. The van der Waals surface area contributed by atoms with Gasteiger partial charge < -0.3 is 19.7 Å². The van der Waals surface area contributed by atoms with Gasteiger partial charge >= 0.3 is 0 Å². The number of thiophene rings is 1. The lowest BCUT2D eigenvalue weighted by molar-refractivity contribution is -0.463. The zero-order valence-electron chi connectivity index (χ0n) is 16.0. The molecule has 1 unspecified atom stereocenters. The predicted octanol–water partition coefficient (Wildman–Crippen LogP) is 2.63. The van der Waals surface area contributed by atoms with Gasteiger partial charge in [0.1, 0.15) is 17.6 Å². The number of aliphatic imine (C=N–C) groups is 1. The van der Waals surface area contributed by atoms with E-state index < -0.39 is 11.0 Å². The molecule has 28 heavy (non-hydrogen) atoms. The van der Waals surface area contributed by atoms with Crippen LogP contribution < -0.4 is 5.32 Å². The summed E-state index contributed by atoms with van der Waals surface area (Å²) in [7, 11) is 3.98. The van der Waals surface area contributed by atoms with E-state index in [2.05, 4.69) is 10.3 Å². The van der Waals surface area contributed by atoms with E-state index in [0.29, 0.717) is 6.54 Å². The van der Waals surface area contributed by atoms with Crippen LogP contribution in [0.3, 0.4) is 0 Å². The highest BCUT2D eigenvalue weighted by Gasteiger charge is 2.11. The van der Waals surface area contributed by atoms with Crippen LogP contribution in [0.15, 0.2) is 39.1 Å². The first kappa shape index (κ1) is 22.4. The smallest absolute Gasteiger partial charge is 0.259 e. The third kappa shape index (κ3) is 8.42. The maximum atomic E-state index is 10.8. The Morgan fingerprint density at radius 2 is 2.21 bits per heavy atom. The highest BCUT2D eigenvalue weighted by atomic mass is 32.2. The number of hydrogen-bond acceptors (Lipinski definition) is 8. The Bertz CT molecular complexity index is 747. The average Bonchev–Trinajstić information content (AvgIpc) is 3.30. The number of aliphatic hydroxyl groups is 1. The number of furan rings is 1.